The number of hydrogen-bond acceptors (Lipinski definition) is 3. The van der Waals surface area contributed by atoms with Gasteiger partial charge in [-0.05, 0) is 42.2 Å². The van der Waals surface area contributed by atoms with Gasteiger partial charge in [-0.25, -0.2) is 0 Å². The first-order valence-electron chi connectivity index (χ1n) is 10.9. The van der Waals surface area contributed by atoms with Crippen LogP contribution >= 0.6 is 24.0 Å². The number of rotatable bonds is 9. The van der Waals surface area contributed by atoms with Gasteiger partial charge in [0.2, 0.25) is 5.91 Å². The van der Waals surface area contributed by atoms with Crippen LogP contribution in [0.2, 0.25) is 0 Å². The molecule has 0 aromatic heterocycles. The summed E-state index contributed by atoms with van der Waals surface area (Å²) in [6.45, 7) is 4.01. The highest BCUT2D eigenvalue weighted by molar-refractivity contribution is 14.0. The highest BCUT2D eigenvalue weighted by Gasteiger charge is 2.33. The fourth-order valence-electron chi connectivity index (χ4n) is 4.59. The maximum Gasteiger partial charge on any atom is 0.222 e. The van der Waals surface area contributed by atoms with Crippen LogP contribution in [-0.2, 0) is 22.6 Å². The monoisotopic (exact) mass is 528 g/mol. The summed E-state index contributed by atoms with van der Waals surface area (Å²) in [4.78, 5) is 18.4. The molecule has 1 aliphatic heterocycles. The molecular formula is C23H37IN4O2. The molecule has 1 aliphatic carbocycles. The minimum atomic E-state index is 0. The zero-order chi connectivity index (χ0) is 20.5. The Labute approximate surface area is 198 Å². The van der Waals surface area contributed by atoms with E-state index in [2.05, 4.69) is 33.8 Å². The molecule has 0 spiro atoms. The smallest absolute Gasteiger partial charge is 0.222 e. The van der Waals surface area contributed by atoms with E-state index in [4.69, 9.17) is 4.74 Å². The summed E-state index contributed by atoms with van der Waals surface area (Å²) >= 11 is 0. The Morgan fingerprint density at radius 3 is 2.53 bits per heavy atom. The molecule has 1 saturated heterocycles. The van der Waals surface area contributed by atoms with Crippen LogP contribution < -0.4 is 10.6 Å². The zero-order valence-electron chi connectivity index (χ0n) is 18.4. The molecule has 2 N–H and O–H groups in total. The summed E-state index contributed by atoms with van der Waals surface area (Å²) in [5, 5.41) is 7.01. The van der Waals surface area contributed by atoms with Gasteiger partial charge < -0.3 is 20.3 Å². The van der Waals surface area contributed by atoms with Crippen LogP contribution in [0.3, 0.4) is 0 Å². The first-order valence-corrected chi connectivity index (χ1v) is 10.9. The SMILES string of the molecule is CN=C(NCc1ccccc1CN1CCCC1=O)NCC1(CCOC)CCCC1.I. The van der Waals surface area contributed by atoms with E-state index in [0.717, 1.165) is 38.5 Å². The summed E-state index contributed by atoms with van der Waals surface area (Å²) in [6.07, 6.45) is 7.88. The average molecular weight is 528 g/mol. The van der Waals surface area contributed by atoms with E-state index in [1.165, 1.54) is 36.8 Å². The number of guanidine groups is 1. The standard InChI is InChI=1S/C23H36N4O2.HI/c1-24-22(26-18-23(13-15-29-2)11-5-6-12-23)25-16-19-8-3-4-9-20(19)17-27-14-7-10-21(27)28;/h3-4,8-9H,5-7,10-18H2,1-2H3,(H2,24,25,26);1H. The highest BCUT2D eigenvalue weighted by atomic mass is 127. The van der Waals surface area contributed by atoms with E-state index >= 15 is 0 Å². The normalized spacial score (nSPS) is 18.4. The van der Waals surface area contributed by atoms with E-state index in [1.807, 2.05) is 18.0 Å². The lowest BCUT2D eigenvalue weighted by Crippen LogP contribution is -2.43. The van der Waals surface area contributed by atoms with Crippen molar-refractivity contribution >= 4 is 35.8 Å². The van der Waals surface area contributed by atoms with E-state index in [-0.39, 0.29) is 29.9 Å². The fourth-order valence-corrected chi connectivity index (χ4v) is 4.59. The third-order valence-electron chi connectivity index (χ3n) is 6.45. The van der Waals surface area contributed by atoms with Crippen LogP contribution in [0.4, 0.5) is 0 Å². The zero-order valence-corrected chi connectivity index (χ0v) is 20.7. The van der Waals surface area contributed by atoms with Crippen molar-refractivity contribution in [2.45, 2.75) is 58.0 Å². The predicted molar refractivity (Wildman–Crippen MR) is 132 cm³/mol. The molecule has 30 heavy (non-hydrogen) atoms. The van der Waals surface area contributed by atoms with E-state index in [1.54, 1.807) is 7.11 Å². The highest BCUT2D eigenvalue weighted by Crippen LogP contribution is 2.40. The molecule has 1 saturated carbocycles. The molecule has 2 fully saturated rings. The van der Waals surface area contributed by atoms with Gasteiger partial charge in [-0.1, -0.05) is 37.1 Å². The topological polar surface area (TPSA) is 66.0 Å². The van der Waals surface area contributed by atoms with Crippen molar-refractivity contribution in [1.82, 2.24) is 15.5 Å². The van der Waals surface area contributed by atoms with Crippen LogP contribution in [0.25, 0.3) is 0 Å². The number of amides is 1. The molecular weight excluding hydrogens is 491 g/mol. The third-order valence-corrected chi connectivity index (χ3v) is 6.45. The Balaban J connectivity index is 0.00000320. The molecule has 1 aromatic carbocycles. The maximum absolute atomic E-state index is 12.0. The average Bonchev–Trinajstić information content (AvgIpc) is 3.37. The summed E-state index contributed by atoms with van der Waals surface area (Å²) in [5.41, 5.74) is 2.74. The Morgan fingerprint density at radius 1 is 1.17 bits per heavy atom. The van der Waals surface area contributed by atoms with E-state index < -0.39 is 0 Å². The van der Waals surface area contributed by atoms with Crippen LogP contribution in [0.1, 0.15) is 56.1 Å². The van der Waals surface area contributed by atoms with Crippen molar-refractivity contribution in [2.75, 3.05) is 33.9 Å². The van der Waals surface area contributed by atoms with Crippen molar-refractivity contribution in [3.8, 4) is 0 Å². The predicted octanol–water partition coefficient (Wildman–Crippen LogP) is 3.69. The molecule has 0 atom stereocenters. The van der Waals surface area contributed by atoms with Gasteiger partial charge in [0, 0.05) is 53.4 Å². The number of nitrogens with one attached hydrogen (secondary N) is 2. The van der Waals surface area contributed by atoms with Crippen molar-refractivity contribution in [3.05, 3.63) is 35.4 Å². The van der Waals surface area contributed by atoms with Gasteiger partial charge in [0.25, 0.3) is 0 Å². The minimum absolute atomic E-state index is 0. The van der Waals surface area contributed by atoms with Gasteiger partial charge in [0.15, 0.2) is 5.96 Å². The number of ether oxygens (including phenoxy) is 1. The van der Waals surface area contributed by atoms with Crippen molar-refractivity contribution in [1.29, 1.82) is 0 Å². The molecule has 6 nitrogen and oxygen atoms in total. The number of likely N-dealkylation sites (tertiary alicyclic amines) is 1. The number of halogens is 1. The Hall–Kier alpha value is -1.35. The first-order chi connectivity index (χ1) is 14.2. The lowest BCUT2D eigenvalue weighted by molar-refractivity contribution is -0.128. The van der Waals surface area contributed by atoms with Gasteiger partial charge >= 0.3 is 0 Å². The quantitative estimate of drug-likeness (QED) is 0.292. The molecule has 168 valence electrons. The molecule has 1 amide bonds. The minimum Gasteiger partial charge on any atom is -0.385 e. The molecule has 2 aliphatic rings. The summed E-state index contributed by atoms with van der Waals surface area (Å²) < 4.78 is 5.34. The molecule has 0 radical (unpaired) electrons. The number of methoxy groups -OCH3 is 1. The second-order valence-electron chi connectivity index (χ2n) is 8.42. The lowest BCUT2D eigenvalue weighted by Gasteiger charge is -2.30. The molecule has 0 unspecified atom stereocenters. The van der Waals surface area contributed by atoms with Crippen molar-refractivity contribution < 1.29 is 9.53 Å². The van der Waals surface area contributed by atoms with Crippen molar-refractivity contribution in [2.24, 2.45) is 10.4 Å². The van der Waals surface area contributed by atoms with Gasteiger partial charge in [-0.15, -0.1) is 24.0 Å². The van der Waals surface area contributed by atoms with Gasteiger partial charge in [0.05, 0.1) is 0 Å². The second kappa shape index (κ2) is 12.5. The largest absolute Gasteiger partial charge is 0.385 e. The van der Waals surface area contributed by atoms with E-state index in [9.17, 15) is 4.79 Å². The molecule has 3 rings (SSSR count). The number of carbonyl (C=O) groups excluding carboxylic acids is 1. The maximum atomic E-state index is 12.0. The lowest BCUT2D eigenvalue weighted by atomic mass is 9.83. The van der Waals surface area contributed by atoms with Gasteiger partial charge in [-0.3, -0.25) is 9.79 Å². The number of carbonyl (C=O) groups is 1. The summed E-state index contributed by atoms with van der Waals surface area (Å²) in [6, 6.07) is 8.36. The van der Waals surface area contributed by atoms with E-state index in [0.29, 0.717) is 24.9 Å². The van der Waals surface area contributed by atoms with Crippen LogP contribution in [0, 0.1) is 5.41 Å². The Bertz CT molecular complexity index is 704. The fraction of sp³-hybridized carbons (Fsp3) is 0.652. The Morgan fingerprint density at radius 2 is 1.90 bits per heavy atom. The molecule has 0 bridgehead atoms. The van der Waals surface area contributed by atoms with Crippen LogP contribution in [0.5, 0.6) is 0 Å². The van der Waals surface area contributed by atoms with Crippen LogP contribution in [0.15, 0.2) is 29.3 Å². The van der Waals surface area contributed by atoms with Crippen LogP contribution in [-0.4, -0.2) is 50.6 Å². The molecule has 1 aromatic rings. The molecule has 1 heterocycles. The third kappa shape index (κ3) is 6.83. The number of aliphatic imine (C=N–C) groups is 1. The van der Waals surface area contributed by atoms with Crippen molar-refractivity contribution in [3.63, 3.8) is 0 Å². The number of benzene rings is 1. The first kappa shape index (κ1) is 24.9. The summed E-state index contributed by atoms with van der Waals surface area (Å²) in [7, 11) is 3.60. The number of hydrogen-bond donors (Lipinski definition) is 2. The van der Waals surface area contributed by atoms with Gasteiger partial charge in [0.1, 0.15) is 0 Å². The Kier molecular flexibility index (Phi) is 10.4. The molecule has 7 heteroatoms. The summed E-state index contributed by atoms with van der Waals surface area (Å²) in [5.74, 6) is 1.10. The van der Waals surface area contributed by atoms with Gasteiger partial charge in [-0.2, -0.15) is 0 Å². The number of nitrogens with zero attached hydrogens (tertiary/aromatic N) is 2. The second-order valence-corrected chi connectivity index (χ2v) is 8.42.